The van der Waals surface area contributed by atoms with Crippen molar-refractivity contribution in [1.29, 1.82) is 0 Å². The Bertz CT molecular complexity index is 637. The fourth-order valence-corrected chi connectivity index (χ4v) is 3.01. The summed E-state index contributed by atoms with van der Waals surface area (Å²) in [6.07, 6.45) is 0. The number of aromatic nitrogens is 2. The average Bonchev–Trinajstić information content (AvgIpc) is 2.78. The molecule has 1 fully saturated rings. The van der Waals surface area contributed by atoms with Crippen LogP contribution < -0.4 is 5.01 Å². The normalized spacial score (nSPS) is 17.1. The molecule has 2 heterocycles. The molecule has 1 aromatic carbocycles. The first-order valence-corrected chi connectivity index (χ1v) is 7.79. The lowest BCUT2D eigenvalue weighted by molar-refractivity contribution is 0.288. The molecule has 0 bridgehead atoms. The predicted octanol–water partition coefficient (Wildman–Crippen LogP) is 2.56. The Morgan fingerprint density at radius 1 is 1.30 bits per heavy atom. The second-order valence-corrected chi connectivity index (χ2v) is 6.11. The third kappa shape index (κ3) is 2.40. The number of alkyl halides is 1. The van der Waals surface area contributed by atoms with Crippen LogP contribution in [-0.4, -0.2) is 47.8 Å². The Balaban J connectivity index is 2.10. The number of fused-ring (bicyclic) bond motifs is 1. The van der Waals surface area contributed by atoms with Crippen LogP contribution in [-0.2, 0) is 5.88 Å². The molecule has 3 rings (SSSR count). The fourth-order valence-electron chi connectivity index (χ4n) is 2.51. The molecule has 0 radical (unpaired) electrons. The SMILES string of the molecule is CN1CCN(n2c(CCl)nc3cc(Br)c(F)cc32)CC1. The van der Waals surface area contributed by atoms with Gasteiger partial charge in [-0.3, -0.25) is 0 Å². The first-order valence-electron chi connectivity index (χ1n) is 6.46. The zero-order chi connectivity index (χ0) is 14.3. The summed E-state index contributed by atoms with van der Waals surface area (Å²) in [5.41, 5.74) is 1.53. The van der Waals surface area contributed by atoms with Gasteiger partial charge >= 0.3 is 0 Å². The minimum absolute atomic E-state index is 0.283. The number of halogens is 3. The molecular weight excluding hydrogens is 347 g/mol. The average molecular weight is 362 g/mol. The van der Waals surface area contributed by atoms with Gasteiger partial charge in [0.05, 0.1) is 21.4 Å². The van der Waals surface area contributed by atoms with Crippen LogP contribution in [0.25, 0.3) is 11.0 Å². The molecule has 1 aliphatic heterocycles. The van der Waals surface area contributed by atoms with E-state index in [1.54, 1.807) is 6.07 Å². The third-order valence-electron chi connectivity index (χ3n) is 3.62. The van der Waals surface area contributed by atoms with E-state index in [0.717, 1.165) is 43.0 Å². The van der Waals surface area contributed by atoms with Gasteiger partial charge in [0.1, 0.15) is 11.6 Å². The number of benzene rings is 1. The summed E-state index contributed by atoms with van der Waals surface area (Å²) in [7, 11) is 2.10. The van der Waals surface area contributed by atoms with Gasteiger partial charge in [-0.05, 0) is 29.0 Å². The van der Waals surface area contributed by atoms with E-state index in [0.29, 0.717) is 10.4 Å². The van der Waals surface area contributed by atoms with Crippen LogP contribution in [0, 0.1) is 5.82 Å². The molecule has 0 atom stereocenters. The van der Waals surface area contributed by atoms with E-state index in [1.165, 1.54) is 6.07 Å². The van der Waals surface area contributed by atoms with E-state index in [4.69, 9.17) is 11.6 Å². The number of piperazine rings is 1. The Morgan fingerprint density at radius 2 is 2.00 bits per heavy atom. The fraction of sp³-hybridized carbons (Fsp3) is 0.462. The van der Waals surface area contributed by atoms with Crippen LogP contribution in [0.4, 0.5) is 4.39 Å². The molecule has 0 saturated carbocycles. The van der Waals surface area contributed by atoms with Crippen molar-refractivity contribution in [2.75, 3.05) is 38.2 Å². The lowest BCUT2D eigenvalue weighted by Gasteiger charge is -2.35. The zero-order valence-electron chi connectivity index (χ0n) is 11.1. The van der Waals surface area contributed by atoms with E-state index in [9.17, 15) is 4.39 Å². The summed E-state index contributed by atoms with van der Waals surface area (Å²) in [5, 5.41) is 2.18. The molecule has 1 aliphatic rings. The van der Waals surface area contributed by atoms with Gasteiger partial charge in [-0.15, -0.1) is 11.6 Å². The standard InChI is InChI=1S/C13H15BrClFN4/c1-18-2-4-19(5-3-18)20-12-7-10(16)9(14)6-11(12)17-13(20)8-15/h6-7H,2-5,8H2,1H3. The molecule has 7 heteroatoms. The van der Waals surface area contributed by atoms with Crippen LogP contribution in [0.1, 0.15) is 5.82 Å². The summed E-state index contributed by atoms with van der Waals surface area (Å²) in [6, 6.07) is 3.22. The molecule has 108 valence electrons. The summed E-state index contributed by atoms with van der Waals surface area (Å²) in [4.78, 5) is 6.78. The maximum Gasteiger partial charge on any atom is 0.143 e. The molecule has 0 unspecified atom stereocenters. The highest BCUT2D eigenvalue weighted by atomic mass is 79.9. The van der Waals surface area contributed by atoms with E-state index in [2.05, 4.69) is 37.9 Å². The minimum atomic E-state index is -0.283. The quantitative estimate of drug-likeness (QED) is 0.769. The van der Waals surface area contributed by atoms with Crippen molar-refractivity contribution in [1.82, 2.24) is 14.6 Å². The van der Waals surface area contributed by atoms with Gasteiger partial charge in [0.25, 0.3) is 0 Å². The van der Waals surface area contributed by atoms with Gasteiger partial charge in [-0.1, -0.05) is 0 Å². The lowest BCUT2D eigenvalue weighted by Crippen LogP contribution is -2.50. The maximum absolute atomic E-state index is 13.8. The minimum Gasteiger partial charge on any atom is -0.308 e. The zero-order valence-corrected chi connectivity index (χ0v) is 13.5. The first-order chi connectivity index (χ1) is 9.60. The second-order valence-electron chi connectivity index (χ2n) is 4.99. The van der Waals surface area contributed by atoms with Gasteiger partial charge in [0, 0.05) is 32.2 Å². The summed E-state index contributed by atoms with van der Waals surface area (Å²) in [5.74, 6) is 0.776. The van der Waals surface area contributed by atoms with Crippen molar-refractivity contribution in [2.45, 2.75) is 5.88 Å². The number of hydrogen-bond donors (Lipinski definition) is 0. The summed E-state index contributed by atoms with van der Waals surface area (Å²) >= 11 is 9.20. The monoisotopic (exact) mass is 360 g/mol. The molecule has 0 spiro atoms. The number of nitrogens with zero attached hydrogens (tertiary/aromatic N) is 4. The van der Waals surface area contributed by atoms with Gasteiger partial charge in [-0.2, -0.15) is 0 Å². The van der Waals surface area contributed by atoms with E-state index in [1.807, 2.05) is 4.68 Å². The van der Waals surface area contributed by atoms with Crippen LogP contribution in [0.3, 0.4) is 0 Å². The molecule has 0 N–H and O–H groups in total. The van der Waals surface area contributed by atoms with Crippen molar-refractivity contribution in [3.05, 3.63) is 28.2 Å². The lowest BCUT2D eigenvalue weighted by atomic mass is 10.3. The number of hydrogen-bond acceptors (Lipinski definition) is 3. The molecule has 0 aliphatic carbocycles. The van der Waals surface area contributed by atoms with E-state index >= 15 is 0 Å². The van der Waals surface area contributed by atoms with Gasteiger partial charge in [0.15, 0.2) is 0 Å². The van der Waals surface area contributed by atoms with Gasteiger partial charge < -0.3 is 9.91 Å². The van der Waals surface area contributed by atoms with Crippen molar-refractivity contribution in [3.8, 4) is 0 Å². The second kappa shape index (κ2) is 5.50. The predicted molar refractivity (Wildman–Crippen MR) is 82.4 cm³/mol. The van der Waals surface area contributed by atoms with Crippen molar-refractivity contribution in [2.24, 2.45) is 0 Å². The molecular formula is C13H15BrClFN4. The van der Waals surface area contributed by atoms with Crippen LogP contribution in [0.5, 0.6) is 0 Å². The molecule has 20 heavy (non-hydrogen) atoms. The maximum atomic E-state index is 13.8. The van der Waals surface area contributed by atoms with Crippen molar-refractivity contribution < 1.29 is 4.39 Å². The van der Waals surface area contributed by atoms with Gasteiger partial charge in [0.2, 0.25) is 0 Å². The Hall–Kier alpha value is -0.850. The third-order valence-corrected chi connectivity index (χ3v) is 4.47. The molecule has 1 saturated heterocycles. The van der Waals surface area contributed by atoms with Crippen LogP contribution >= 0.6 is 27.5 Å². The van der Waals surface area contributed by atoms with Crippen LogP contribution in [0.2, 0.25) is 0 Å². The van der Waals surface area contributed by atoms with Crippen molar-refractivity contribution >= 4 is 38.6 Å². The molecule has 1 aromatic heterocycles. The van der Waals surface area contributed by atoms with Crippen LogP contribution in [0.15, 0.2) is 16.6 Å². The topological polar surface area (TPSA) is 24.3 Å². The highest BCUT2D eigenvalue weighted by Gasteiger charge is 2.20. The summed E-state index contributed by atoms with van der Waals surface area (Å²) < 4.78 is 16.2. The number of likely N-dealkylation sites (N-methyl/N-ethyl adjacent to an activating group) is 1. The largest absolute Gasteiger partial charge is 0.308 e. The Morgan fingerprint density at radius 3 is 2.65 bits per heavy atom. The number of imidazole rings is 1. The van der Waals surface area contributed by atoms with Crippen molar-refractivity contribution in [3.63, 3.8) is 0 Å². The highest BCUT2D eigenvalue weighted by Crippen LogP contribution is 2.25. The van der Waals surface area contributed by atoms with Gasteiger partial charge in [-0.25, -0.2) is 14.1 Å². The van der Waals surface area contributed by atoms with E-state index < -0.39 is 0 Å². The molecule has 2 aromatic rings. The molecule has 4 nitrogen and oxygen atoms in total. The summed E-state index contributed by atoms with van der Waals surface area (Å²) in [6.45, 7) is 3.70. The smallest absolute Gasteiger partial charge is 0.143 e. The Kier molecular flexibility index (Phi) is 3.88. The number of rotatable bonds is 2. The molecule has 0 amide bonds. The van der Waals surface area contributed by atoms with E-state index in [-0.39, 0.29) is 5.82 Å². The first kappa shape index (κ1) is 14.1. The highest BCUT2D eigenvalue weighted by molar-refractivity contribution is 9.10. The Labute approximate surface area is 130 Å².